The number of carboxylic acid groups (broad SMARTS) is 1. The molecule has 0 saturated carbocycles. The van der Waals surface area contributed by atoms with Crippen LogP contribution in [0.15, 0.2) is 36.4 Å². The molecule has 0 radical (unpaired) electrons. The molecule has 0 aromatic heterocycles. The molecule has 0 unspecified atom stereocenters. The number of benzene rings is 2. The van der Waals surface area contributed by atoms with Gasteiger partial charge in [0.05, 0.1) is 38.6 Å². The average molecular weight is 458 g/mol. The van der Waals surface area contributed by atoms with Crippen molar-refractivity contribution in [1.82, 2.24) is 4.90 Å². The second kappa shape index (κ2) is 9.66. The van der Waals surface area contributed by atoms with Gasteiger partial charge in [-0.05, 0) is 42.7 Å². The van der Waals surface area contributed by atoms with E-state index in [-0.39, 0.29) is 43.6 Å². The lowest BCUT2D eigenvalue weighted by atomic mass is 9.94. The van der Waals surface area contributed by atoms with Gasteiger partial charge in [0, 0.05) is 24.4 Å². The monoisotopic (exact) mass is 458 g/mol. The number of piperidine rings is 1. The maximum atomic E-state index is 14.9. The van der Waals surface area contributed by atoms with E-state index in [0.717, 1.165) is 5.56 Å². The number of β-amino-alcohol motifs (C(OH)–C–C–N with tert-alkyl or cyclic N) is 1. The first-order chi connectivity index (χ1) is 15.9. The molecule has 1 saturated heterocycles. The largest absolute Gasteiger partial charge is 0.497 e. The smallest absolute Gasteiger partial charge is 0.407 e. The summed E-state index contributed by atoms with van der Waals surface area (Å²) in [4.78, 5) is 26.4. The van der Waals surface area contributed by atoms with Crippen LogP contribution in [0, 0.1) is 11.7 Å². The lowest BCUT2D eigenvalue weighted by Crippen LogP contribution is -2.47. The van der Waals surface area contributed by atoms with Gasteiger partial charge >= 0.3 is 6.09 Å². The number of aliphatic hydroxyl groups excluding tert-OH is 1. The standard InChI is InChI=1S/C24H27FN2O6/c1-32-17-4-2-15(3-5-17)12-27-22(29)9-6-18-21(8-7-19(25)23(18)27)33-14-16-10-11-26(24(30)31)13-20(16)28/h2-5,7-8,16,20,28H,6,9-14H2,1H3,(H,30,31)/t16-,20+/m1/s1. The minimum atomic E-state index is -1.05. The molecule has 2 atom stereocenters. The number of amides is 2. The van der Waals surface area contributed by atoms with Gasteiger partial charge in [0.2, 0.25) is 5.91 Å². The normalized spacial score (nSPS) is 20.4. The van der Waals surface area contributed by atoms with Crippen molar-refractivity contribution < 1.29 is 33.7 Å². The third-order valence-electron chi connectivity index (χ3n) is 6.29. The molecular weight excluding hydrogens is 431 g/mol. The predicted octanol–water partition coefficient (Wildman–Crippen LogP) is 3.05. The molecule has 2 aromatic rings. The summed E-state index contributed by atoms with van der Waals surface area (Å²) in [6.45, 7) is 0.767. The van der Waals surface area contributed by atoms with Crippen LogP contribution in [0.25, 0.3) is 0 Å². The number of hydrogen-bond acceptors (Lipinski definition) is 5. The number of ether oxygens (including phenoxy) is 2. The van der Waals surface area contributed by atoms with E-state index >= 15 is 0 Å². The van der Waals surface area contributed by atoms with Crippen molar-refractivity contribution in [2.24, 2.45) is 5.92 Å². The lowest BCUT2D eigenvalue weighted by Gasteiger charge is -2.35. The first kappa shape index (κ1) is 22.8. The van der Waals surface area contributed by atoms with Gasteiger partial charge in [-0.1, -0.05) is 12.1 Å². The number of likely N-dealkylation sites (tertiary alicyclic amines) is 1. The third-order valence-corrected chi connectivity index (χ3v) is 6.29. The zero-order valence-corrected chi connectivity index (χ0v) is 18.4. The molecule has 0 aliphatic carbocycles. The SMILES string of the molecule is COc1ccc(CN2C(=O)CCc3c(OC[C@H]4CCN(C(=O)O)C[C@@H]4O)ccc(F)c32)cc1. The summed E-state index contributed by atoms with van der Waals surface area (Å²) in [5, 5.41) is 19.4. The molecule has 8 nitrogen and oxygen atoms in total. The number of anilines is 1. The molecule has 2 amide bonds. The number of hydrogen-bond donors (Lipinski definition) is 2. The minimum Gasteiger partial charge on any atom is -0.497 e. The van der Waals surface area contributed by atoms with Crippen molar-refractivity contribution >= 4 is 17.7 Å². The van der Waals surface area contributed by atoms with Crippen LogP contribution in [0.4, 0.5) is 14.9 Å². The predicted molar refractivity (Wildman–Crippen MR) is 118 cm³/mol. The van der Waals surface area contributed by atoms with Crippen LogP contribution in [0.2, 0.25) is 0 Å². The number of aliphatic hydroxyl groups is 1. The van der Waals surface area contributed by atoms with E-state index in [0.29, 0.717) is 36.4 Å². The Morgan fingerprint density at radius 1 is 1.18 bits per heavy atom. The van der Waals surface area contributed by atoms with Gasteiger partial charge in [-0.15, -0.1) is 0 Å². The van der Waals surface area contributed by atoms with E-state index in [1.165, 1.54) is 15.9 Å². The molecule has 2 aromatic carbocycles. The van der Waals surface area contributed by atoms with Crippen molar-refractivity contribution in [2.45, 2.75) is 31.9 Å². The second-order valence-electron chi connectivity index (χ2n) is 8.36. The summed E-state index contributed by atoms with van der Waals surface area (Å²) in [6, 6.07) is 10.1. The Morgan fingerprint density at radius 3 is 2.61 bits per heavy atom. The van der Waals surface area contributed by atoms with Crippen molar-refractivity contribution in [2.75, 3.05) is 31.7 Å². The highest BCUT2D eigenvalue weighted by molar-refractivity contribution is 5.97. The summed E-state index contributed by atoms with van der Waals surface area (Å²) < 4.78 is 26.1. The third kappa shape index (κ3) is 4.88. The fourth-order valence-corrected chi connectivity index (χ4v) is 4.38. The van der Waals surface area contributed by atoms with Crippen molar-refractivity contribution in [3.05, 3.63) is 53.3 Å². The number of halogens is 1. The number of fused-ring (bicyclic) bond motifs is 1. The Morgan fingerprint density at radius 2 is 1.94 bits per heavy atom. The highest BCUT2D eigenvalue weighted by Crippen LogP contribution is 2.38. The van der Waals surface area contributed by atoms with Gasteiger partial charge in [-0.3, -0.25) is 4.79 Å². The molecule has 0 spiro atoms. The van der Waals surface area contributed by atoms with E-state index in [2.05, 4.69) is 0 Å². The second-order valence-corrected chi connectivity index (χ2v) is 8.36. The highest BCUT2D eigenvalue weighted by Gasteiger charge is 2.33. The summed E-state index contributed by atoms with van der Waals surface area (Å²) in [6.07, 6.45) is -0.816. The number of carbonyl (C=O) groups excluding carboxylic acids is 1. The Kier molecular flexibility index (Phi) is 6.69. The fourth-order valence-electron chi connectivity index (χ4n) is 4.38. The van der Waals surface area contributed by atoms with E-state index in [4.69, 9.17) is 14.6 Å². The highest BCUT2D eigenvalue weighted by atomic mass is 19.1. The molecule has 2 N–H and O–H groups in total. The summed E-state index contributed by atoms with van der Waals surface area (Å²) in [5.74, 6) is 0.287. The summed E-state index contributed by atoms with van der Waals surface area (Å²) >= 11 is 0. The van der Waals surface area contributed by atoms with Crippen LogP contribution >= 0.6 is 0 Å². The van der Waals surface area contributed by atoms with Crippen LogP contribution in [-0.2, 0) is 17.8 Å². The number of rotatable bonds is 6. The topological polar surface area (TPSA) is 99.5 Å². The first-order valence-electron chi connectivity index (χ1n) is 10.9. The van der Waals surface area contributed by atoms with Crippen LogP contribution in [0.5, 0.6) is 11.5 Å². The summed E-state index contributed by atoms with van der Waals surface area (Å²) in [7, 11) is 1.57. The van der Waals surface area contributed by atoms with E-state index in [1.807, 2.05) is 12.1 Å². The van der Waals surface area contributed by atoms with Crippen molar-refractivity contribution in [3.8, 4) is 11.5 Å². The van der Waals surface area contributed by atoms with Gasteiger partial charge < -0.3 is 29.5 Å². The minimum absolute atomic E-state index is 0.0367. The Balaban J connectivity index is 1.51. The van der Waals surface area contributed by atoms with Gasteiger partial charge in [0.25, 0.3) is 0 Å². The van der Waals surface area contributed by atoms with E-state index < -0.39 is 18.0 Å². The molecule has 2 heterocycles. The molecule has 4 rings (SSSR count). The molecular formula is C24H27FN2O6. The fraction of sp³-hybridized carbons (Fsp3) is 0.417. The molecule has 0 bridgehead atoms. The maximum absolute atomic E-state index is 14.9. The molecule has 33 heavy (non-hydrogen) atoms. The number of nitrogens with zero attached hydrogens (tertiary/aromatic N) is 2. The maximum Gasteiger partial charge on any atom is 0.407 e. The van der Waals surface area contributed by atoms with Crippen LogP contribution in [-0.4, -0.2) is 60.0 Å². The van der Waals surface area contributed by atoms with Crippen LogP contribution in [0.1, 0.15) is 24.0 Å². The molecule has 1 fully saturated rings. The zero-order chi connectivity index (χ0) is 23.5. The lowest BCUT2D eigenvalue weighted by molar-refractivity contribution is -0.119. The Labute approximate surface area is 191 Å². The zero-order valence-electron chi connectivity index (χ0n) is 18.4. The Bertz CT molecular complexity index is 1030. The van der Waals surface area contributed by atoms with Gasteiger partial charge in [-0.2, -0.15) is 0 Å². The van der Waals surface area contributed by atoms with Crippen molar-refractivity contribution in [1.29, 1.82) is 0 Å². The number of carbonyl (C=O) groups is 2. The Hall–Kier alpha value is -3.33. The molecule has 9 heteroatoms. The number of methoxy groups -OCH3 is 1. The summed E-state index contributed by atoms with van der Waals surface area (Å²) in [5.41, 5.74) is 1.69. The van der Waals surface area contributed by atoms with E-state index in [1.54, 1.807) is 25.3 Å². The van der Waals surface area contributed by atoms with Crippen LogP contribution < -0.4 is 14.4 Å². The first-order valence-corrected chi connectivity index (χ1v) is 10.9. The van der Waals surface area contributed by atoms with Gasteiger partial charge in [0.1, 0.15) is 17.3 Å². The van der Waals surface area contributed by atoms with Crippen molar-refractivity contribution in [3.63, 3.8) is 0 Å². The van der Waals surface area contributed by atoms with Gasteiger partial charge in [0.15, 0.2) is 0 Å². The molecule has 176 valence electrons. The average Bonchev–Trinajstić information content (AvgIpc) is 2.81. The molecule has 2 aliphatic heterocycles. The molecule has 2 aliphatic rings. The van der Waals surface area contributed by atoms with Crippen LogP contribution in [0.3, 0.4) is 0 Å². The quantitative estimate of drug-likeness (QED) is 0.690. The van der Waals surface area contributed by atoms with E-state index in [9.17, 15) is 19.1 Å². The van der Waals surface area contributed by atoms with Gasteiger partial charge in [-0.25, -0.2) is 9.18 Å².